The smallest absolute Gasteiger partial charge is 0.277 e. The molecule has 1 aliphatic heterocycles. The minimum atomic E-state index is -0.352. The highest BCUT2D eigenvalue weighted by Gasteiger charge is 2.25. The Bertz CT molecular complexity index is 727. The summed E-state index contributed by atoms with van der Waals surface area (Å²) in [5, 5.41) is 6.30. The van der Waals surface area contributed by atoms with Crippen LogP contribution in [0.2, 0.25) is 0 Å². The zero-order valence-electron chi connectivity index (χ0n) is 14.4. The van der Waals surface area contributed by atoms with E-state index < -0.39 is 0 Å². The standard InChI is InChI=1S/C18H22N4O3/c1-21-10-3-4-15(12-21)22(2)18(24)13-5-7-14(8-6-13)19-17(23)16-9-11-25-20-16/h5-9,11,15H,3-4,10,12H2,1-2H3,(H,19,23). The van der Waals surface area contributed by atoms with Gasteiger partial charge < -0.3 is 19.6 Å². The molecule has 0 radical (unpaired) electrons. The Balaban J connectivity index is 1.63. The molecule has 1 fully saturated rings. The maximum Gasteiger partial charge on any atom is 0.277 e. The molecule has 1 atom stereocenters. The maximum absolute atomic E-state index is 12.7. The molecule has 0 saturated carbocycles. The van der Waals surface area contributed by atoms with E-state index >= 15 is 0 Å². The van der Waals surface area contributed by atoms with E-state index in [0.717, 1.165) is 25.9 Å². The zero-order valence-corrected chi connectivity index (χ0v) is 14.4. The average molecular weight is 342 g/mol. The molecule has 1 saturated heterocycles. The first kappa shape index (κ1) is 17.2. The minimum Gasteiger partial charge on any atom is -0.364 e. The fourth-order valence-corrected chi connectivity index (χ4v) is 3.05. The number of hydrogen-bond donors (Lipinski definition) is 1. The van der Waals surface area contributed by atoms with E-state index in [0.29, 0.717) is 11.3 Å². The second-order valence-electron chi connectivity index (χ2n) is 6.39. The molecule has 0 spiro atoms. The molecule has 1 aliphatic rings. The molecule has 1 N–H and O–H groups in total. The van der Waals surface area contributed by atoms with Crippen LogP contribution in [0.3, 0.4) is 0 Å². The molecule has 7 nitrogen and oxygen atoms in total. The van der Waals surface area contributed by atoms with Crippen LogP contribution in [0.1, 0.15) is 33.7 Å². The van der Waals surface area contributed by atoms with Gasteiger partial charge in [-0.3, -0.25) is 9.59 Å². The highest BCUT2D eigenvalue weighted by molar-refractivity contribution is 6.03. The largest absolute Gasteiger partial charge is 0.364 e. The second kappa shape index (κ2) is 7.48. The number of carbonyl (C=O) groups is 2. The molecule has 2 heterocycles. The number of anilines is 1. The van der Waals surface area contributed by atoms with Gasteiger partial charge in [0.25, 0.3) is 11.8 Å². The van der Waals surface area contributed by atoms with Crippen molar-refractivity contribution >= 4 is 17.5 Å². The molecule has 1 aromatic carbocycles. The Morgan fingerprint density at radius 3 is 2.68 bits per heavy atom. The summed E-state index contributed by atoms with van der Waals surface area (Å²) in [6.07, 6.45) is 3.47. The van der Waals surface area contributed by atoms with E-state index in [1.807, 2.05) is 11.9 Å². The summed E-state index contributed by atoms with van der Waals surface area (Å²) in [4.78, 5) is 28.7. The van der Waals surface area contributed by atoms with Gasteiger partial charge in [-0.1, -0.05) is 5.16 Å². The summed E-state index contributed by atoms with van der Waals surface area (Å²) in [6.45, 7) is 1.98. The van der Waals surface area contributed by atoms with Gasteiger partial charge in [-0.15, -0.1) is 0 Å². The number of aromatic nitrogens is 1. The second-order valence-corrected chi connectivity index (χ2v) is 6.39. The van der Waals surface area contributed by atoms with Crippen LogP contribution in [0.15, 0.2) is 41.1 Å². The number of amides is 2. The number of likely N-dealkylation sites (tertiary alicyclic amines) is 1. The number of nitrogens with one attached hydrogen (secondary N) is 1. The van der Waals surface area contributed by atoms with Crippen LogP contribution in [0.5, 0.6) is 0 Å². The number of carbonyl (C=O) groups excluding carboxylic acids is 2. The summed E-state index contributed by atoms with van der Waals surface area (Å²) in [7, 11) is 3.93. The maximum atomic E-state index is 12.7. The number of benzene rings is 1. The summed E-state index contributed by atoms with van der Waals surface area (Å²) < 4.78 is 4.65. The quantitative estimate of drug-likeness (QED) is 0.920. The summed E-state index contributed by atoms with van der Waals surface area (Å²) >= 11 is 0. The van der Waals surface area contributed by atoms with Crippen molar-refractivity contribution in [3.05, 3.63) is 47.9 Å². The lowest BCUT2D eigenvalue weighted by Gasteiger charge is -2.35. The third-order valence-electron chi connectivity index (χ3n) is 4.53. The molecule has 0 bridgehead atoms. The van der Waals surface area contributed by atoms with Gasteiger partial charge in [0.15, 0.2) is 5.69 Å². The normalized spacial score (nSPS) is 17.9. The first-order valence-electron chi connectivity index (χ1n) is 8.32. The van der Waals surface area contributed by atoms with Crippen molar-refractivity contribution in [3.63, 3.8) is 0 Å². The van der Waals surface area contributed by atoms with E-state index in [-0.39, 0.29) is 23.6 Å². The third kappa shape index (κ3) is 4.06. The van der Waals surface area contributed by atoms with Gasteiger partial charge in [0.2, 0.25) is 0 Å². The lowest BCUT2D eigenvalue weighted by Crippen LogP contribution is -2.47. The highest BCUT2D eigenvalue weighted by Crippen LogP contribution is 2.17. The predicted molar refractivity (Wildman–Crippen MR) is 93.5 cm³/mol. The van der Waals surface area contributed by atoms with E-state index in [2.05, 4.69) is 26.9 Å². The SMILES string of the molecule is CN1CCCC(N(C)C(=O)c2ccc(NC(=O)c3ccon3)cc2)C1. The fraction of sp³-hybridized carbons (Fsp3) is 0.389. The van der Waals surface area contributed by atoms with Gasteiger partial charge in [0, 0.05) is 37.0 Å². The topological polar surface area (TPSA) is 78.7 Å². The summed E-state index contributed by atoms with van der Waals surface area (Å²) in [5.74, 6) is -0.357. The molecule has 2 amide bonds. The molecule has 25 heavy (non-hydrogen) atoms. The fourth-order valence-electron chi connectivity index (χ4n) is 3.05. The van der Waals surface area contributed by atoms with E-state index in [4.69, 9.17) is 0 Å². The molecule has 1 unspecified atom stereocenters. The van der Waals surface area contributed by atoms with Gasteiger partial charge in [0.05, 0.1) is 0 Å². The Morgan fingerprint density at radius 2 is 2.04 bits per heavy atom. The number of likely N-dealkylation sites (N-methyl/N-ethyl adjacent to an activating group) is 2. The van der Waals surface area contributed by atoms with Crippen molar-refractivity contribution < 1.29 is 14.1 Å². The van der Waals surface area contributed by atoms with E-state index in [1.165, 1.54) is 12.3 Å². The van der Waals surface area contributed by atoms with Crippen molar-refractivity contribution in [2.24, 2.45) is 0 Å². The first-order valence-corrected chi connectivity index (χ1v) is 8.32. The van der Waals surface area contributed by atoms with Crippen LogP contribution in [-0.4, -0.2) is 60.0 Å². The van der Waals surface area contributed by atoms with Crippen molar-refractivity contribution in [1.29, 1.82) is 0 Å². The Kier molecular flexibility index (Phi) is 5.14. The van der Waals surface area contributed by atoms with Crippen LogP contribution in [0, 0.1) is 0 Å². The molecular weight excluding hydrogens is 320 g/mol. The van der Waals surface area contributed by atoms with Gasteiger partial charge >= 0.3 is 0 Å². The average Bonchev–Trinajstić information content (AvgIpc) is 3.16. The lowest BCUT2D eigenvalue weighted by atomic mass is 10.0. The monoisotopic (exact) mass is 342 g/mol. The Labute approximate surface area is 146 Å². The van der Waals surface area contributed by atoms with Crippen molar-refractivity contribution in [3.8, 4) is 0 Å². The number of rotatable bonds is 4. The third-order valence-corrected chi connectivity index (χ3v) is 4.53. The predicted octanol–water partition coefficient (Wildman–Crippen LogP) is 2.09. The Hall–Kier alpha value is -2.67. The van der Waals surface area contributed by atoms with Crippen molar-refractivity contribution in [2.45, 2.75) is 18.9 Å². The molecule has 7 heteroatoms. The van der Waals surface area contributed by atoms with Crippen molar-refractivity contribution in [1.82, 2.24) is 15.0 Å². The molecule has 132 valence electrons. The number of nitrogens with zero attached hydrogens (tertiary/aromatic N) is 3. The van der Waals surface area contributed by atoms with Gasteiger partial charge in [-0.2, -0.15) is 0 Å². The van der Waals surface area contributed by atoms with E-state index in [1.54, 1.807) is 24.3 Å². The number of hydrogen-bond acceptors (Lipinski definition) is 5. The molecule has 2 aromatic rings. The van der Waals surface area contributed by atoms with Crippen LogP contribution in [0.25, 0.3) is 0 Å². The molecule has 1 aromatic heterocycles. The highest BCUT2D eigenvalue weighted by atomic mass is 16.5. The van der Waals surface area contributed by atoms with Crippen LogP contribution in [-0.2, 0) is 0 Å². The number of piperidine rings is 1. The van der Waals surface area contributed by atoms with Gasteiger partial charge in [0.1, 0.15) is 6.26 Å². The van der Waals surface area contributed by atoms with Crippen molar-refractivity contribution in [2.75, 3.05) is 32.5 Å². The van der Waals surface area contributed by atoms with Crippen LogP contribution >= 0.6 is 0 Å². The minimum absolute atomic E-state index is 0.00493. The van der Waals surface area contributed by atoms with Gasteiger partial charge in [-0.05, 0) is 50.7 Å². The van der Waals surface area contributed by atoms with Gasteiger partial charge in [-0.25, -0.2) is 0 Å². The molecular formula is C18H22N4O3. The molecule has 0 aliphatic carbocycles. The summed E-state index contributed by atoms with van der Waals surface area (Å²) in [5.41, 5.74) is 1.42. The summed E-state index contributed by atoms with van der Waals surface area (Å²) in [6, 6.07) is 8.60. The van der Waals surface area contributed by atoms with E-state index in [9.17, 15) is 9.59 Å². The lowest BCUT2D eigenvalue weighted by molar-refractivity contribution is 0.0644. The van der Waals surface area contributed by atoms with Crippen LogP contribution < -0.4 is 5.32 Å². The molecule has 3 rings (SSSR count). The first-order chi connectivity index (χ1) is 12.0. The zero-order chi connectivity index (χ0) is 17.8. The Morgan fingerprint density at radius 1 is 1.28 bits per heavy atom. The van der Waals surface area contributed by atoms with Crippen LogP contribution in [0.4, 0.5) is 5.69 Å².